The number of esters is 1. The second-order valence-electron chi connectivity index (χ2n) is 3.69. The smallest absolute Gasteiger partial charge is 0.490 e. The molecule has 0 saturated heterocycles. The average Bonchev–Trinajstić information content (AvgIpc) is 2.37. The van der Waals surface area contributed by atoms with Gasteiger partial charge >= 0.3 is 12.1 Å². The third-order valence-electron chi connectivity index (χ3n) is 2.35. The Morgan fingerprint density at radius 3 is 2.37 bits per heavy atom. The molecule has 1 aromatic rings. The van der Waals surface area contributed by atoms with E-state index in [0.29, 0.717) is 11.3 Å². The summed E-state index contributed by atoms with van der Waals surface area (Å²) in [6.45, 7) is 3.43. The molecule has 19 heavy (non-hydrogen) atoms. The first-order valence-corrected chi connectivity index (χ1v) is 5.41. The molecule has 1 rings (SSSR count). The Hall–Kier alpha value is -1.98. The van der Waals surface area contributed by atoms with Gasteiger partial charge in [-0.3, -0.25) is 0 Å². The highest BCUT2D eigenvalue weighted by molar-refractivity contribution is 5.75. The lowest BCUT2D eigenvalue weighted by Crippen LogP contribution is -2.27. The molecule has 0 aliphatic rings. The molecule has 1 aromatic carbocycles. The number of benzene rings is 1. The highest BCUT2D eigenvalue weighted by atomic mass is 19.4. The van der Waals surface area contributed by atoms with Crippen LogP contribution in [0.2, 0.25) is 0 Å². The highest BCUT2D eigenvalue weighted by Gasteiger charge is 2.42. The Morgan fingerprint density at radius 1 is 1.37 bits per heavy atom. The van der Waals surface area contributed by atoms with Crippen LogP contribution < -0.4 is 4.74 Å². The van der Waals surface area contributed by atoms with Crippen LogP contribution in [0, 0.1) is 0 Å². The van der Waals surface area contributed by atoms with Gasteiger partial charge < -0.3 is 9.47 Å². The molecule has 6 heteroatoms. The lowest BCUT2D eigenvalue weighted by molar-refractivity contribution is -0.205. The molecule has 0 radical (unpaired) electrons. The van der Waals surface area contributed by atoms with Gasteiger partial charge in [-0.05, 0) is 17.7 Å². The zero-order valence-corrected chi connectivity index (χ0v) is 10.2. The topological polar surface area (TPSA) is 35.5 Å². The molecule has 0 aromatic heterocycles. The van der Waals surface area contributed by atoms with Crippen LogP contribution >= 0.6 is 0 Å². The van der Waals surface area contributed by atoms with Crippen molar-refractivity contribution in [2.24, 2.45) is 0 Å². The summed E-state index contributed by atoms with van der Waals surface area (Å²) < 4.78 is 45.9. The number of carbonyl (C=O) groups is 1. The molecule has 0 N–H and O–H groups in total. The first kappa shape index (κ1) is 15.1. The van der Waals surface area contributed by atoms with Crippen molar-refractivity contribution in [1.29, 1.82) is 0 Å². The molecular weight excluding hydrogens is 261 g/mol. The largest absolute Gasteiger partial charge is 0.497 e. The Balaban J connectivity index is 2.87. The molecule has 0 amide bonds. The van der Waals surface area contributed by atoms with Gasteiger partial charge in [0.25, 0.3) is 0 Å². The van der Waals surface area contributed by atoms with Gasteiger partial charge in [-0.2, -0.15) is 13.2 Å². The number of ether oxygens (including phenoxy) is 2. The Bertz CT molecular complexity index is 437. The van der Waals surface area contributed by atoms with Crippen LogP contribution in [0.5, 0.6) is 5.75 Å². The molecule has 0 aliphatic heterocycles. The maximum atomic E-state index is 12.2. The molecule has 1 atom stereocenters. The standard InChI is InChI=1S/C13H13F3O3/c1-3-4-11(19-12(17)13(14,15)16)9-5-7-10(18-2)8-6-9/h3,5-8,11H,1,4H2,2H3. The van der Waals surface area contributed by atoms with Crippen LogP contribution in [0.25, 0.3) is 0 Å². The van der Waals surface area contributed by atoms with Gasteiger partial charge in [0.15, 0.2) is 0 Å². The van der Waals surface area contributed by atoms with E-state index in [-0.39, 0.29) is 6.42 Å². The van der Waals surface area contributed by atoms with E-state index >= 15 is 0 Å². The van der Waals surface area contributed by atoms with Crippen LogP contribution in [0.3, 0.4) is 0 Å². The minimum absolute atomic E-state index is 0.0914. The van der Waals surface area contributed by atoms with Crippen molar-refractivity contribution in [2.45, 2.75) is 18.7 Å². The molecule has 1 unspecified atom stereocenters. The lowest BCUT2D eigenvalue weighted by Gasteiger charge is -2.18. The summed E-state index contributed by atoms with van der Waals surface area (Å²) in [7, 11) is 1.47. The molecule has 3 nitrogen and oxygen atoms in total. The van der Waals surface area contributed by atoms with Crippen LogP contribution in [-0.4, -0.2) is 19.3 Å². The summed E-state index contributed by atoms with van der Waals surface area (Å²) in [6.07, 6.45) is -4.55. The molecule has 0 spiro atoms. The van der Waals surface area contributed by atoms with Crippen molar-refractivity contribution < 1.29 is 27.4 Å². The van der Waals surface area contributed by atoms with Crippen molar-refractivity contribution >= 4 is 5.97 Å². The second-order valence-corrected chi connectivity index (χ2v) is 3.69. The van der Waals surface area contributed by atoms with Crippen molar-refractivity contribution in [2.75, 3.05) is 7.11 Å². The summed E-state index contributed by atoms with van der Waals surface area (Å²) >= 11 is 0. The molecule has 0 bridgehead atoms. The van der Waals surface area contributed by atoms with Crippen LogP contribution in [0.15, 0.2) is 36.9 Å². The van der Waals surface area contributed by atoms with Gasteiger partial charge in [0.05, 0.1) is 7.11 Å². The van der Waals surface area contributed by atoms with E-state index in [0.717, 1.165) is 0 Å². The Morgan fingerprint density at radius 2 is 1.95 bits per heavy atom. The van der Waals surface area contributed by atoms with Crippen molar-refractivity contribution in [3.63, 3.8) is 0 Å². The predicted octanol–water partition coefficient (Wildman–Crippen LogP) is 3.42. The summed E-state index contributed by atoms with van der Waals surface area (Å²) in [5, 5.41) is 0. The zero-order valence-electron chi connectivity index (χ0n) is 10.2. The fourth-order valence-electron chi connectivity index (χ4n) is 1.42. The first-order chi connectivity index (χ1) is 8.88. The van der Waals surface area contributed by atoms with E-state index in [1.165, 1.54) is 25.3 Å². The minimum Gasteiger partial charge on any atom is -0.497 e. The van der Waals surface area contributed by atoms with E-state index in [1.54, 1.807) is 12.1 Å². The molecule has 0 aliphatic carbocycles. The van der Waals surface area contributed by atoms with Gasteiger partial charge in [0, 0.05) is 6.42 Å². The predicted molar refractivity (Wildman–Crippen MR) is 62.7 cm³/mol. The monoisotopic (exact) mass is 274 g/mol. The van der Waals surface area contributed by atoms with Gasteiger partial charge in [-0.15, -0.1) is 6.58 Å². The third kappa shape index (κ3) is 4.31. The Labute approximate surface area is 108 Å². The summed E-state index contributed by atoms with van der Waals surface area (Å²) in [5.74, 6) is -1.65. The normalized spacial score (nSPS) is 12.6. The fourth-order valence-corrected chi connectivity index (χ4v) is 1.42. The number of alkyl halides is 3. The van der Waals surface area contributed by atoms with E-state index in [1.807, 2.05) is 0 Å². The van der Waals surface area contributed by atoms with E-state index in [4.69, 9.17) is 4.74 Å². The summed E-state index contributed by atoms with van der Waals surface area (Å²) in [4.78, 5) is 10.8. The van der Waals surface area contributed by atoms with Crippen LogP contribution in [-0.2, 0) is 9.53 Å². The number of rotatable bonds is 5. The quantitative estimate of drug-likeness (QED) is 0.609. The van der Waals surface area contributed by atoms with Gasteiger partial charge in [0.1, 0.15) is 11.9 Å². The molecule has 0 heterocycles. The van der Waals surface area contributed by atoms with Gasteiger partial charge in [-0.1, -0.05) is 18.2 Å². The van der Waals surface area contributed by atoms with E-state index < -0.39 is 18.2 Å². The molecule has 0 fully saturated rings. The third-order valence-corrected chi connectivity index (χ3v) is 2.35. The van der Waals surface area contributed by atoms with Crippen molar-refractivity contribution in [3.05, 3.63) is 42.5 Å². The summed E-state index contributed by atoms with van der Waals surface area (Å²) in [5.41, 5.74) is 0.443. The number of hydrogen-bond acceptors (Lipinski definition) is 3. The second kappa shape index (κ2) is 6.26. The maximum absolute atomic E-state index is 12.2. The zero-order chi connectivity index (χ0) is 14.5. The van der Waals surface area contributed by atoms with Gasteiger partial charge in [0.2, 0.25) is 0 Å². The van der Waals surface area contributed by atoms with E-state index in [2.05, 4.69) is 11.3 Å². The molecule has 104 valence electrons. The number of halogens is 3. The first-order valence-electron chi connectivity index (χ1n) is 5.41. The molecular formula is C13H13F3O3. The van der Waals surface area contributed by atoms with Crippen LogP contribution in [0.1, 0.15) is 18.1 Å². The SMILES string of the molecule is C=CCC(OC(=O)C(F)(F)F)c1ccc(OC)cc1. The van der Waals surface area contributed by atoms with Gasteiger partial charge in [-0.25, -0.2) is 4.79 Å². The minimum atomic E-state index is -5.01. The highest BCUT2D eigenvalue weighted by Crippen LogP contribution is 2.27. The lowest BCUT2D eigenvalue weighted by atomic mass is 10.1. The Kier molecular flexibility index (Phi) is 4.97. The van der Waals surface area contributed by atoms with Crippen molar-refractivity contribution in [1.82, 2.24) is 0 Å². The van der Waals surface area contributed by atoms with Crippen molar-refractivity contribution in [3.8, 4) is 5.75 Å². The number of hydrogen-bond donors (Lipinski definition) is 0. The molecule has 0 saturated carbocycles. The van der Waals surface area contributed by atoms with Crippen LogP contribution in [0.4, 0.5) is 13.2 Å². The fraction of sp³-hybridized carbons (Fsp3) is 0.308. The number of methoxy groups -OCH3 is 1. The maximum Gasteiger partial charge on any atom is 0.490 e. The summed E-state index contributed by atoms with van der Waals surface area (Å²) in [6, 6.07) is 6.23. The van der Waals surface area contributed by atoms with E-state index in [9.17, 15) is 18.0 Å². The average molecular weight is 274 g/mol. The number of carbonyl (C=O) groups excluding carboxylic acids is 1.